The van der Waals surface area contributed by atoms with E-state index >= 15 is 0 Å². The maximum absolute atomic E-state index is 13.4. The number of piperidine rings is 1. The molecule has 1 aliphatic carbocycles. The minimum Gasteiger partial charge on any atom is -0.340 e. The molecule has 3 fully saturated rings. The highest BCUT2D eigenvalue weighted by molar-refractivity contribution is 5.86. The van der Waals surface area contributed by atoms with Crippen LogP contribution in [0, 0.1) is 5.41 Å². The lowest BCUT2D eigenvalue weighted by molar-refractivity contribution is -0.149. The van der Waals surface area contributed by atoms with Gasteiger partial charge in [-0.15, -0.1) is 0 Å². The maximum Gasteiger partial charge on any atom is 0.250 e. The SMILES string of the molecule is O=C(Cn1ccccc1=O)N1CCC2(CCCN(C3CCCCC3)C2=O)C1. The predicted octanol–water partition coefficient (Wildman–Crippen LogP) is 2.02. The van der Waals surface area contributed by atoms with Gasteiger partial charge in [0.05, 0.1) is 5.41 Å². The van der Waals surface area contributed by atoms with E-state index in [1.165, 1.54) is 29.9 Å². The van der Waals surface area contributed by atoms with Crippen LogP contribution in [-0.2, 0) is 16.1 Å². The second-order valence-corrected chi connectivity index (χ2v) is 8.41. The molecule has 2 saturated heterocycles. The van der Waals surface area contributed by atoms with Gasteiger partial charge in [0.1, 0.15) is 6.54 Å². The Bertz CT molecular complexity index is 768. The van der Waals surface area contributed by atoms with Crippen LogP contribution in [0.2, 0.25) is 0 Å². The van der Waals surface area contributed by atoms with Gasteiger partial charge in [-0.25, -0.2) is 0 Å². The van der Waals surface area contributed by atoms with Crippen LogP contribution < -0.4 is 5.56 Å². The molecule has 0 bridgehead atoms. The monoisotopic (exact) mass is 371 g/mol. The summed E-state index contributed by atoms with van der Waals surface area (Å²) in [5, 5.41) is 0. The van der Waals surface area contributed by atoms with Crippen molar-refractivity contribution >= 4 is 11.8 Å². The summed E-state index contributed by atoms with van der Waals surface area (Å²) in [6.45, 7) is 2.05. The van der Waals surface area contributed by atoms with Gasteiger partial charge in [-0.1, -0.05) is 25.3 Å². The number of likely N-dealkylation sites (tertiary alicyclic amines) is 2. The van der Waals surface area contributed by atoms with Gasteiger partial charge in [-0.2, -0.15) is 0 Å². The molecule has 1 unspecified atom stereocenters. The maximum atomic E-state index is 13.4. The first-order chi connectivity index (χ1) is 13.1. The van der Waals surface area contributed by atoms with Crippen molar-refractivity contribution in [3.63, 3.8) is 0 Å². The number of carbonyl (C=O) groups is 2. The lowest BCUT2D eigenvalue weighted by Gasteiger charge is -2.44. The summed E-state index contributed by atoms with van der Waals surface area (Å²) in [6, 6.07) is 5.30. The Labute approximate surface area is 160 Å². The first-order valence-electron chi connectivity index (χ1n) is 10.3. The lowest BCUT2D eigenvalue weighted by Crippen LogP contribution is -2.54. The van der Waals surface area contributed by atoms with Crippen molar-refractivity contribution in [2.45, 2.75) is 64.0 Å². The molecule has 146 valence electrons. The molecule has 3 heterocycles. The number of aromatic nitrogens is 1. The van der Waals surface area contributed by atoms with Gasteiger partial charge in [0.15, 0.2) is 0 Å². The minimum atomic E-state index is -0.396. The molecule has 6 nitrogen and oxygen atoms in total. The van der Waals surface area contributed by atoms with Crippen LogP contribution in [0.1, 0.15) is 51.4 Å². The fourth-order valence-electron chi connectivity index (χ4n) is 5.14. The highest BCUT2D eigenvalue weighted by Gasteiger charge is 2.50. The topological polar surface area (TPSA) is 62.6 Å². The average Bonchev–Trinajstić information content (AvgIpc) is 3.12. The zero-order valence-electron chi connectivity index (χ0n) is 15.9. The van der Waals surface area contributed by atoms with Crippen molar-refractivity contribution in [1.82, 2.24) is 14.4 Å². The molecule has 27 heavy (non-hydrogen) atoms. The molecule has 1 aromatic rings. The summed E-state index contributed by atoms with van der Waals surface area (Å²) in [6.07, 6.45) is 10.3. The molecule has 0 N–H and O–H groups in total. The number of amides is 2. The smallest absolute Gasteiger partial charge is 0.250 e. The number of nitrogens with zero attached hydrogens (tertiary/aromatic N) is 3. The average molecular weight is 371 g/mol. The minimum absolute atomic E-state index is 0.0519. The summed E-state index contributed by atoms with van der Waals surface area (Å²) in [7, 11) is 0. The Hall–Kier alpha value is -2.11. The van der Waals surface area contributed by atoms with Crippen LogP contribution in [0.25, 0.3) is 0 Å². The summed E-state index contributed by atoms with van der Waals surface area (Å²) < 4.78 is 1.43. The first kappa shape index (κ1) is 18.3. The van der Waals surface area contributed by atoms with E-state index in [-0.39, 0.29) is 23.9 Å². The molecular formula is C21H29N3O3. The molecule has 1 atom stereocenters. The van der Waals surface area contributed by atoms with E-state index in [0.29, 0.717) is 19.1 Å². The molecule has 0 radical (unpaired) electrons. The van der Waals surface area contributed by atoms with Crippen molar-refractivity contribution in [2.75, 3.05) is 19.6 Å². The summed E-state index contributed by atoms with van der Waals surface area (Å²) in [5.74, 6) is 0.204. The molecule has 1 spiro atoms. The molecule has 0 aromatic carbocycles. The van der Waals surface area contributed by atoms with Crippen LogP contribution in [0.4, 0.5) is 0 Å². The standard InChI is InChI=1S/C21H29N3O3/c25-18-9-4-5-12-22(18)15-19(26)23-14-11-21(16-23)10-6-13-24(20(21)27)17-7-2-1-3-8-17/h4-5,9,12,17H,1-3,6-8,10-11,13-16H2. The molecule has 1 saturated carbocycles. The Morgan fingerprint density at radius 2 is 1.85 bits per heavy atom. The predicted molar refractivity (Wildman–Crippen MR) is 102 cm³/mol. The highest BCUT2D eigenvalue weighted by Crippen LogP contribution is 2.42. The Morgan fingerprint density at radius 1 is 1.04 bits per heavy atom. The summed E-state index contributed by atoms with van der Waals surface area (Å²) in [4.78, 5) is 41.9. The third-order valence-corrected chi connectivity index (χ3v) is 6.70. The van der Waals surface area contributed by atoms with E-state index < -0.39 is 5.41 Å². The van der Waals surface area contributed by atoms with Gasteiger partial charge in [0.25, 0.3) is 5.56 Å². The zero-order valence-corrected chi connectivity index (χ0v) is 15.9. The van der Waals surface area contributed by atoms with Crippen LogP contribution in [-0.4, -0.2) is 51.9 Å². The molecule has 4 rings (SSSR count). The van der Waals surface area contributed by atoms with E-state index in [9.17, 15) is 14.4 Å². The van der Waals surface area contributed by atoms with Crippen LogP contribution in [0.15, 0.2) is 29.2 Å². The van der Waals surface area contributed by atoms with Crippen LogP contribution >= 0.6 is 0 Å². The van der Waals surface area contributed by atoms with E-state index in [1.807, 2.05) is 0 Å². The number of pyridine rings is 1. The first-order valence-corrected chi connectivity index (χ1v) is 10.3. The van der Waals surface area contributed by atoms with Crippen LogP contribution in [0.3, 0.4) is 0 Å². The summed E-state index contributed by atoms with van der Waals surface area (Å²) >= 11 is 0. The third-order valence-electron chi connectivity index (χ3n) is 6.70. The van der Waals surface area contributed by atoms with E-state index in [4.69, 9.17) is 0 Å². The largest absolute Gasteiger partial charge is 0.340 e. The second kappa shape index (κ2) is 7.49. The molecular weight excluding hydrogens is 342 g/mol. The van der Waals surface area contributed by atoms with E-state index in [0.717, 1.165) is 38.6 Å². The normalized spacial score (nSPS) is 26.7. The van der Waals surface area contributed by atoms with Gasteiger partial charge >= 0.3 is 0 Å². The molecule has 3 aliphatic rings. The van der Waals surface area contributed by atoms with Crippen molar-refractivity contribution in [1.29, 1.82) is 0 Å². The van der Waals surface area contributed by atoms with Crippen LogP contribution in [0.5, 0.6) is 0 Å². The molecule has 2 amide bonds. The van der Waals surface area contributed by atoms with E-state index in [2.05, 4.69) is 4.90 Å². The third kappa shape index (κ3) is 3.54. The molecule has 2 aliphatic heterocycles. The van der Waals surface area contributed by atoms with Gasteiger partial charge in [0.2, 0.25) is 11.8 Å². The Morgan fingerprint density at radius 3 is 2.63 bits per heavy atom. The van der Waals surface area contributed by atoms with Gasteiger partial charge in [0, 0.05) is 37.9 Å². The van der Waals surface area contributed by atoms with Gasteiger partial charge in [-0.3, -0.25) is 14.4 Å². The fourth-order valence-corrected chi connectivity index (χ4v) is 5.14. The van der Waals surface area contributed by atoms with Gasteiger partial charge in [-0.05, 0) is 38.2 Å². The Balaban J connectivity index is 1.44. The number of rotatable bonds is 3. The van der Waals surface area contributed by atoms with Gasteiger partial charge < -0.3 is 14.4 Å². The molecule has 1 aromatic heterocycles. The van der Waals surface area contributed by atoms with E-state index in [1.54, 1.807) is 23.2 Å². The lowest BCUT2D eigenvalue weighted by atomic mass is 9.77. The molecule has 6 heteroatoms. The van der Waals surface area contributed by atoms with Crippen molar-refractivity contribution in [3.05, 3.63) is 34.7 Å². The zero-order chi connectivity index (χ0) is 18.9. The second-order valence-electron chi connectivity index (χ2n) is 8.41. The number of hydrogen-bond donors (Lipinski definition) is 0. The number of carbonyl (C=O) groups excluding carboxylic acids is 2. The summed E-state index contributed by atoms with van der Waals surface area (Å²) in [5.41, 5.74) is -0.565. The Kier molecular flexibility index (Phi) is 5.06. The highest BCUT2D eigenvalue weighted by atomic mass is 16.2. The quantitative estimate of drug-likeness (QED) is 0.817. The van der Waals surface area contributed by atoms with Crippen molar-refractivity contribution in [3.8, 4) is 0 Å². The number of hydrogen-bond acceptors (Lipinski definition) is 3. The van der Waals surface area contributed by atoms with Crippen molar-refractivity contribution in [2.24, 2.45) is 5.41 Å². The van der Waals surface area contributed by atoms with Crippen molar-refractivity contribution < 1.29 is 9.59 Å². The fraction of sp³-hybridized carbons (Fsp3) is 0.667.